The van der Waals surface area contributed by atoms with Gasteiger partial charge < -0.3 is 10.2 Å². The highest BCUT2D eigenvalue weighted by Crippen LogP contribution is 2.53. The number of benzene rings is 2. The summed E-state index contributed by atoms with van der Waals surface area (Å²) < 4.78 is 0. The van der Waals surface area contributed by atoms with Crippen LogP contribution in [0.3, 0.4) is 0 Å². The first kappa shape index (κ1) is 17.3. The zero-order valence-electron chi connectivity index (χ0n) is 13.7. The van der Waals surface area contributed by atoms with Gasteiger partial charge in [0.05, 0.1) is 0 Å². The average molecular weight is 330 g/mol. The number of hydrogen-bond acceptors (Lipinski definition) is 2. The predicted molar refractivity (Wildman–Crippen MR) is 97.2 cm³/mol. The van der Waals surface area contributed by atoms with Gasteiger partial charge in [-0.2, -0.15) is 0 Å². The first-order valence-corrected chi connectivity index (χ1v) is 8.07. The largest absolute Gasteiger partial charge is 0.481 e. The Morgan fingerprint density at radius 2 is 1.20 bits per heavy atom. The van der Waals surface area contributed by atoms with Crippen molar-refractivity contribution in [3.8, 4) is 11.1 Å². The van der Waals surface area contributed by atoms with Gasteiger partial charge in [-0.25, -0.2) is 0 Å². The van der Waals surface area contributed by atoms with Crippen molar-refractivity contribution >= 4 is 38.6 Å². The summed E-state index contributed by atoms with van der Waals surface area (Å²) in [6.45, 7) is 0. The third-order valence-electron chi connectivity index (χ3n) is 4.94. The molecule has 2 N–H and O–H groups in total. The van der Waals surface area contributed by atoms with Gasteiger partial charge in [-0.1, -0.05) is 47.3 Å². The summed E-state index contributed by atoms with van der Waals surface area (Å²) in [5.41, 5.74) is 4.10. The molecule has 0 aromatic heterocycles. The molecule has 6 heteroatoms. The van der Waals surface area contributed by atoms with Crippen LogP contribution in [-0.4, -0.2) is 37.8 Å². The van der Waals surface area contributed by atoms with Gasteiger partial charge in [-0.15, -0.1) is 0 Å². The second kappa shape index (κ2) is 6.43. The number of carboxylic acid groups (broad SMARTS) is 2. The van der Waals surface area contributed by atoms with Crippen LogP contribution in [0.1, 0.15) is 36.8 Å². The van der Waals surface area contributed by atoms with Crippen LogP contribution in [0.5, 0.6) is 0 Å². The minimum atomic E-state index is -0.919. The van der Waals surface area contributed by atoms with Crippen LogP contribution < -0.4 is 10.9 Å². The molecule has 0 spiro atoms. The zero-order valence-corrected chi connectivity index (χ0v) is 13.7. The molecule has 2 aromatic carbocycles. The topological polar surface area (TPSA) is 74.6 Å². The summed E-state index contributed by atoms with van der Waals surface area (Å²) >= 11 is 0. The lowest BCUT2D eigenvalue weighted by Gasteiger charge is -2.32. The minimum Gasteiger partial charge on any atom is -0.481 e. The van der Waals surface area contributed by atoms with E-state index >= 15 is 0 Å². The van der Waals surface area contributed by atoms with Crippen molar-refractivity contribution in [3.63, 3.8) is 0 Å². The van der Waals surface area contributed by atoms with Gasteiger partial charge in [0.15, 0.2) is 0 Å². The summed E-state index contributed by atoms with van der Waals surface area (Å²) in [5.74, 6) is -1.84. The van der Waals surface area contributed by atoms with E-state index < -0.39 is 17.4 Å². The van der Waals surface area contributed by atoms with Crippen molar-refractivity contribution in [2.45, 2.75) is 31.1 Å². The Bertz CT molecular complexity index is 789. The van der Waals surface area contributed by atoms with Crippen LogP contribution in [0.15, 0.2) is 36.4 Å². The molecule has 0 bridgehead atoms. The van der Waals surface area contributed by atoms with E-state index in [0.29, 0.717) is 23.8 Å². The second-order valence-electron chi connectivity index (χ2n) is 6.48. The number of carbonyl (C=O) groups is 2. The summed E-state index contributed by atoms with van der Waals surface area (Å²) in [7, 11) is 11.9. The van der Waals surface area contributed by atoms with Crippen molar-refractivity contribution in [2.24, 2.45) is 0 Å². The van der Waals surface area contributed by atoms with E-state index in [1.54, 1.807) is 12.1 Å². The molecule has 1 aliphatic carbocycles. The Kier molecular flexibility index (Phi) is 4.46. The fourth-order valence-corrected chi connectivity index (χ4v) is 3.83. The van der Waals surface area contributed by atoms with Crippen LogP contribution >= 0.6 is 0 Å². The Morgan fingerprint density at radius 3 is 1.56 bits per heavy atom. The summed E-state index contributed by atoms with van der Waals surface area (Å²) in [5, 5.41) is 18.4. The van der Waals surface area contributed by atoms with Crippen molar-refractivity contribution in [2.75, 3.05) is 0 Å². The van der Waals surface area contributed by atoms with Crippen molar-refractivity contribution in [1.82, 2.24) is 0 Å². The number of carboxylic acids is 2. The molecule has 3 rings (SSSR count). The van der Waals surface area contributed by atoms with Crippen LogP contribution in [0.2, 0.25) is 0 Å². The molecule has 2 aromatic rings. The standard InChI is InChI=1S/C19H16B2O4/c20-11-1-3-13-14-4-2-12(21)10-16(14)19(15(13)9-11,7-5-17(22)23)8-6-18(24)25/h1-4,9-10H,5-8H2,(H,22,23)(H,24,25). The highest BCUT2D eigenvalue weighted by Gasteiger charge is 2.43. The van der Waals surface area contributed by atoms with E-state index in [4.69, 9.17) is 15.7 Å². The molecule has 0 fully saturated rings. The third-order valence-corrected chi connectivity index (χ3v) is 4.94. The average Bonchev–Trinajstić information content (AvgIpc) is 2.80. The minimum absolute atomic E-state index is 0.0674. The molecular formula is C19H16B2O4. The molecule has 1 aliphatic rings. The second-order valence-corrected chi connectivity index (χ2v) is 6.48. The first-order chi connectivity index (χ1) is 11.8. The Balaban J connectivity index is 2.23. The summed E-state index contributed by atoms with van der Waals surface area (Å²) in [6, 6.07) is 11.1. The lowest BCUT2D eigenvalue weighted by atomic mass is 9.69. The van der Waals surface area contributed by atoms with E-state index in [-0.39, 0.29) is 12.8 Å². The molecule has 0 amide bonds. The first-order valence-electron chi connectivity index (χ1n) is 8.07. The monoisotopic (exact) mass is 330 g/mol. The molecule has 122 valence electrons. The molecule has 0 saturated carbocycles. The molecule has 25 heavy (non-hydrogen) atoms. The fraction of sp³-hybridized carbons (Fsp3) is 0.263. The van der Waals surface area contributed by atoms with Crippen LogP contribution in [0.25, 0.3) is 11.1 Å². The number of hydrogen-bond donors (Lipinski definition) is 2. The fourth-order valence-electron chi connectivity index (χ4n) is 3.83. The zero-order chi connectivity index (χ0) is 18.2. The van der Waals surface area contributed by atoms with E-state index in [0.717, 1.165) is 22.3 Å². The van der Waals surface area contributed by atoms with Crippen molar-refractivity contribution in [1.29, 1.82) is 0 Å². The van der Waals surface area contributed by atoms with Crippen LogP contribution in [-0.2, 0) is 15.0 Å². The number of aliphatic carboxylic acids is 2. The van der Waals surface area contributed by atoms with Crippen LogP contribution in [0, 0.1) is 0 Å². The van der Waals surface area contributed by atoms with Gasteiger partial charge in [0, 0.05) is 18.3 Å². The van der Waals surface area contributed by atoms with E-state index in [2.05, 4.69) is 0 Å². The quantitative estimate of drug-likeness (QED) is 0.783. The molecule has 0 heterocycles. The van der Waals surface area contributed by atoms with E-state index in [1.807, 2.05) is 24.3 Å². The molecule has 0 atom stereocenters. The van der Waals surface area contributed by atoms with Gasteiger partial charge in [0.2, 0.25) is 0 Å². The predicted octanol–water partition coefficient (Wildman–Crippen LogP) is 1.27. The number of rotatable bonds is 6. The Morgan fingerprint density at radius 1 is 0.800 bits per heavy atom. The molecule has 0 saturated heterocycles. The molecule has 0 aliphatic heterocycles. The summed E-state index contributed by atoms with van der Waals surface area (Å²) in [6.07, 6.45) is 0.454. The Hall–Kier alpha value is -2.49. The normalized spacial score (nSPS) is 13.9. The molecule has 4 nitrogen and oxygen atoms in total. The third kappa shape index (κ3) is 3.09. The van der Waals surface area contributed by atoms with Crippen LogP contribution in [0.4, 0.5) is 0 Å². The van der Waals surface area contributed by atoms with Gasteiger partial charge in [-0.05, 0) is 35.1 Å². The van der Waals surface area contributed by atoms with Gasteiger partial charge >= 0.3 is 11.9 Å². The van der Waals surface area contributed by atoms with Crippen molar-refractivity contribution < 1.29 is 19.8 Å². The van der Waals surface area contributed by atoms with E-state index in [1.165, 1.54) is 0 Å². The molecule has 0 unspecified atom stereocenters. The number of fused-ring (bicyclic) bond motifs is 3. The summed E-state index contributed by atoms with van der Waals surface area (Å²) in [4.78, 5) is 22.5. The smallest absolute Gasteiger partial charge is 0.303 e. The molecule has 4 radical (unpaired) electrons. The maximum absolute atomic E-state index is 11.2. The van der Waals surface area contributed by atoms with Gasteiger partial charge in [-0.3, -0.25) is 9.59 Å². The highest BCUT2D eigenvalue weighted by molar-refractivity contribution is 6.33. The van der Waals surface area contributed by atoms with Gasteiger partial charge in [0.1, 0.15) is 15.7 Å². The highest BCUT2D eigenvalue weighted by atomic mass is 16.4. The maximum atomic E-state index is 11.2. The lowest BCUT2D eigenvalue weighted by Crippen LogP contribution is -2.29. The maximum Gasteiger partial charge on any atom is 0.303 e. The van der Waals surface area contributed by atoms with Crippen molar-refractivity contribution in [3.05, 3.63) is 47.5 Å². The Labute approximate surface area is 148 Å². The molecular weight excluding hydrogens is 314 g/mol. The SMILES string of the molecule is [B]c1ccc2c(c1)C(CCC(=O)O)(CCC(=O)O)c1cc([B])ccc1-2. The lowest BCUT2D eigenvalue weighted by molar-refractivity contribution is -0.137. The van der Waals surface area contributed by atoms with Gasteiger partial charge in [0.25, 0.3) is 0 Å². The van der Waals surface area contributed by atoms with E-state index in [9.17, 15) is 19.8 Å².